The molecule has 0 aromatic heterocycles. The smallest absolute Gasteiger partial charge is 0.220 e. The van der Waals surface area contributed by atoms with Gasteiger partial charge in [0.2, 0.25) is 5.91 Å². The monoisotopic (exact) mass is 161 g/mol. The molecule has 0 aliphatic heterocycles. The zero-order valence-corrected chi connectivity index (χ0v) is 6.56. The highest BCUT2D eigenvalue weighted by molar-refractivity contribution is 7.80. The number of aldehydes is 1. The van der Waals surface area contributed by atoms with Gasteiger partial charge >= 0.3 is 0 Å². The molecule has 0 aromatic rings. The highest BCUT2D eigenvalue weighted by atomic mass is 32.1. The van der Waals surface area contributed by atoms with Crippen molar-refractivity contribution < 1.29 is 9.59 Å². The van der Waals surface area contributed by atoms with Gasteiger partial charge in [0, 0.05) is 6.42 Å². The van der Waals surface area contributed by atoms with Crippen molar-refractivity contribution in [2.45, 2.75) is 12.8 Å². The molecule has 0 saturated heterocycles. The number of hydrogen-bond donors (Lipinski definition) is 2. The summed E-state index contributed by atoms with van der Waals surface area (Å²) in [6, 6.07) is 0. The van der Waals surface area contributed by atoms with Gasteiger partial charge in [-0.15, -0.1) is 0 Å². The summed E-state index contributed by atoms with van der Waals surface area (Å²) in [6.07, 6.45) is 1.88. The number of carbonyl (C=O) groups excluding carboxylic acids is 2. The van der Waals surface area contributed by atoms with E-state index in [1.165, 1.54) is 0 Å². The summed E-state index contributed by atoms with van der Waals surface area (Å²) < 4.78 is 0. The van der Waals surface area contributed by atoms with Gasteiger partial charge in [-0.05, 0) is 12.2 Å². The van der Waals surface area contributed by atoms with Crippen LogP contribution in [0.2, 0.25) is 0 Å². The Hall–Kier alpha value is -0.510. The average Bonchev–Trinajstić information content (AvgIpc) is 1.97. The molecule has 10 heavy (non-hydrogen) atoms. The molecule has 0 aromatic carbocycles. The summed E-state index contributed by atoms with van der Waals surface area (Å²) in [5, 5.41) is 2.43. The third kappa shape index (κ3) is 5.62. The summed E-state index contributed by atoms with van der Waals surface area (Å²) in [6.45, 7) is 0.116. The molecular weight excluding hydrogens is 150 g/mol. The molecule has 0 heterocycles. The number of nitrogens with one attached hydrogen (secondary N) is 1. The van der Waals surface area contributed by atoms with E-state index in [2.05, 4.69) is 17.9 Å². The van der Waals surface area contributed by atoms with Crippen molar-refractivity contribution in [3.8, 4) is 0 Å². The number of amides is 1. The van der Waals surface area contributed by atoms with Crippen molar-refractivity contribution in [1.29, 1.82) is 0 Å². The second kappa shape index (κ2) is 6.61. The Balaban J connectivity index is 3.16. The zero-order valence-electron chi connectivity index (χ0n) is 5.67. The van der Waals surface area contributed by atoms with E-state index in [0.717, 1.165) is 6.42 Å². The van der Waals surface area contributed by atoms with Crippen LogP contribution in [-0.2, 0) is 9.59 Å². The summed E-state index contributed by atoms with van der Waals surface area (Å²) in [7, 11) is 0. The standard InChI is InChI=1S/C6H11NO2S/c8-4-3-7-6(9)2-1-5-10/h4,10H,1-3,5H2,(H,7,9). The first-order valence-electron chi connectivity index (χ1n) is 3.12. The van der Waals surface area contributed by atoms with Gasteiger partial charge in [0.25, 0.3) is 0 Å². The minimum Gasteiger partial charge on any atom is -0.349 e. The van der Waals surface area contributed by atoms with Crippen molar-refractivity contribution in [2.24, 2.45) is 0 Å². The van der Waals surface area contributed by atoms with E-state index < -0.39 is 0 Å². The Bertz CT molecular complexity index is 116. The van der Waals surface area contributed by atoms with E-state index in [4.69, 9.17) is 0 Å². The summed E-state index contributed by atoms with van der Waals surface area (Å²) in [5.41, 5.74) is 0. The van der Waals surface area contributed by atoms with Crippen LogP contribution in [0.4, 0.5) is 0 Å². The number of carbonyl (C=O) groups is 2. The Morgan fingerprint density at radius 3 is 2.80 bits per heavy atom. The third-order valence-corrected chi connectivity index (χ3v) is 1.26. The van der Waals surface area contributed by atoms with Crippen LogP contribution in [0.1, 0.15) is 12.8 Å². The Morgan fingerprint density at radius 1 is 1.60 bits per heavy atom. The van der Waals surface area contributed by atoms with Crippen LogP contribution >= 0.6 is 12.6 Å². The molecule has 3 nitrogen and oxygen atoms in total. The fourth-order valence-electron chi connectivity index (χ4n) is 0.484. The van der Waals surface area contributed by atoms with E-state index >= 15 is 0 Å². The molecule has 0 radical (unpaired) electrons. The molecule has 0 atom stereocenters. The van der Waals surface area contributed by atoms with E-state index in [0.29, 0.717) is 18.5 Å². The molecule has 1 amide bonds. The van der Waals surface area contributed by atoms with Gasteiger partial charge in [-0.1, -0.05) is 0 Å². The largest absolute Gasteiger partial charge is 0.349 e. The number of thiol groups is 1. The highest BCUT2D eigenvalue weighted by Gasteiger charge is 1.96. The molecule has 0 fully saturated rings. The van der Waals surface area contributed by atoms with Gasteiger partial charge in [-0.3, -0.25) is 4.79 Å². The van der Waals surface area contributed by atoms with E-state index in [-0.39, 0.29) is 12.5 Å². The van der Waals surface area contributed by atoms with Gasteiger partial charge < -0.3 is 10.1 Å². The van der Waals surface area contributed by atoms with Crippen LogP contribution in [-0.4, -0.2) is 24.5 Å². The summed E-state index contributed by atoms with van der Waals surface area (Å²) >= 11 is 3.94. The third-order valence-electron chi connectivity index (χ3n) is 0.945. The Kier molecular flexibility index (Phi) is 6.27. The first kappa shape index (κ1) is 9.49. The first-order chi connectivity index (χ1) is 4.81. The maximum absolute atomic E-state index is 10.7. The van der Waals surface area contributed by atoms with Gasteiger partial charge in [-0.25, -0.2) is 0 Å². The summed E-state index contributed by atoms with van der Waals surface area (Å²) in [4.78, 5) is 20.4. The van der Waals surface area contributed by atoms with Gasteiger partial charge in [-0.2, -0.15) is 12.6 Å². The van der Waals surface area contributed by atoms with Crippen molar-refractivity contribution in [1.82, 2.24) is 5.32 Å². The molecule has 0 rings (SSSR count). The van der Waals surface area contributed by atoms with E-state index in [1.807, 2.05) is 0 Å². The van der Waals surface area contributed by atoms with Crippen molar-refractivity contribution >= 4 is 24.8 Å². The van der Waals surface area contributed by atoms with Gasteiger partial charge in [0.05, 0.1) is 6.54 Å². The molecule has 0 spiro atoms. The fraction of sp³-hybridized carbons (Fsp3) is 0.667. The lowest BCUT2D eigenvalue weighted by molar-refractivity contribution is -0.122. The number of hydrogen-bond acceptors (Lipinski definition) is 3. The average molecular weight is 161 g/mol. The quantitative estimate of drug-likeness (QED) is 0.441. The van der Waals surface area contributed by atoms with Crippen LogP contribution in [0.25, 0.3) is 0 Å². The predicted molar refractivity (Wildman–Crippen MR) is 42.2 cm³/mol. The SMILES string of the molecule is O=CCNC(=O)CCCS. The lowest BCUT2D eigenvalue weighted by Gasteiger charge is -1.97. The normalized spacial score (nSPS) is 8.90. The zero-order chi connectivity index (χ0) is 7.82. The fourth-order valence-corrected chi connectivity index (χ4v) is 0.642. The van der Waals surface area contributed by atoms with Crippen molar-refractivity contribution in [2.75, 3.05) is 12.3 Å². The van der Waals surface area contributed by atoms with E-state index in [9.17, 15) is 9.59 Å². The molecule has 58 valence electrons. The van der Waals surface area contributed by atoms with Crippen LogP contribution in [0.3, 0.4) is 0 Å². The Labute approximate surface area is 65.6 Å². The Morgan fingerprint density at radius 2 is 2.30 bits per heavy atom. The van der Waals surface area contributed by atoms with Crippen LogP contribution in [0, 0.1) is 0 Å². The van der Waals surface area contributed by atoms with Gasteiger partial charge in [0.1, 0.15) is 6.29 Å². The van der Waals surface area contributed by atoms with Crippen LogP contribution < -0.4 is 5.32 Å². The minimum absolute atomic E-state index is 0.0823. The first-order valence-corrected chi connectivity index (χ1v) is 3.75. The predicted octanol–water partition coefficient (Wildman–Crippen LogP) is 0.0115. The van der Waals surface area contributed by atoms with Crippen LogP contribution in [0.15, 0.2) is 0 Å². The maximum Gasteiger partial charge on any atom is 0.220 e. The topological polar surface area (TPSA) is 46.2 Å². The lowest BCUT2D eigenvalue weighted by atomic mass is 10.3. The van der Waals surface area contributed by atoms with Crippen molar-refractivity contribution in [3.63, 3.8) is 0 Å². The molecule has 0 saturated carbocycles. The molecule has 1 N–H and O–H groups in total. The number of rotatable bonds is 5. The molecule has 0 aliphatic carbocycles. The van der Waals surface area contributed by atoms with Crippen LogP contribution in [0.5, 0.6) is 0 Å². The van der Waals surface area contributed by atoms with Crippen molar-refractivity contribution in [3.05, 3.63) is 0 Å². The second-order valence-electron chi connectivity index (χ2n) is 1.80. The molecule has 4 heteroatoms. The lowest BCUT2D eigenvalue weighted by Crippen LogP contribution is -2.24. The van der Waals surface area contributed by atoms with E-state index in [1.54, 1.807) is 0 Å². The summed E-state index contributed by atoms with van der Waals surface area (Å²) in [5.74, 6) is 0.621. The maximum atomic E-state index is 10.7. The minimum atomic E-state index is -0.0823. The highest BCUT2D eigenvalue weighted by Crippen LogP contribution is 1.89. The molecule has 0 bridgehead atoms. The second-order valence-corrected chi connectivity index (χ2v) is 2.25. The molecule has 0 aliphatic rings. The molecular formula is C6H11NO2S. The van der Waals surface area contributed by atoms with Gasteiger partial charge in [0.15, 0.2) is 0 Å². The molecule has 0 unspecified atom stereocenters.